The van der Waals surface area contributed by atoms with Crippen molar-refractivity contribution in [2.75, 3.05) is 6.61 Å². The number of rotatable bonds is 4. The second-order valence-corrected chi connectivity index (χ2v) is 8.67. The van der Waals surface area contributed by atoms with Crippen molar-refractivity contribution in [1.82, 2.24) is 0 Å². The molecule has 8 nitrogen and oxygen atoms in total. The standard InChI is InChI=1S/C10H14F2O8S2/c1-5-7-2-6(3-8(7)21(14,15)20-5)4-19-9(13)10(11,12)22(16,17)18/h5-8H,2-4H2,1H3,(H,16,17,18). The molecule has 1 N–H and O–H groups in total. The van der Waals surface area contributed by atoms with E-state index >= 15 is 0 Å². The number of carbonyl (C=O) groups is 1. The summed E-state index contributed by atoms with van der Waals surface area (Å²) in [7, 11) is -9.63. The van der Waals surface area contributed by atoms with Crippen LogP contribution in [0.4, 0.5) is 8.78 Å². The molecule has 1 aliphatic heterocycles. The van der Waals surface area contributed by atoms with E-state index in [1.54, 1.807) is 6.92 Å². The molecule has 0 aromatic carbocycles. The van der Waals surface area contributed by atoms with Gasteiger partial charge in [0.05, 0.1) is 18.0 Å². The maximum Gasteiger partial charge on any atom is 0.465 e. The second-order valence-electron chi connectivity index (χ2n) is 5.42. The largest absolute Gasteiger partial charge is 0.465 e. The quantitative estimate of drug-likeness (QED) is 0.425. The van der Waals surface area contributed by atoms with Gasteiger partial charge < -0.3 is 4.74 Å². The van der Waals surface area contributed by atoms with Gasteiger partial charge in [-0.1, -0.05) is 0 Å². The average molecular weight is 364 g/mol. The maximum absolute atomic E-state index is 13.0. The Balaban J connectivity index is 1.97. The molecule has 1 heterocycles. The number of halogens is 2. The first kappa shape index (κ1) is 17.5. The lowest BCUT2D eigenvalue weighted by Crippen LogP contribution is -2.39. The summed E-state index contributed by atoms with van der Waals surface area (Å²) in [6.07, 6.45) is -0.187. The zero-order valence-electron chi connectivity index (χ0n) is 11.3. The first-order chi connectivity index (χ1) is 9.86. The van der Waals surface area contributed by atoms with Crippen molar-refractivity contribution in [1.29, 1.82) is 0 Å². The minimum atomic E-state index is -5.91. The van der Waals surface area contributed by atoms with Gasteiger partial charge in [0.15, 0.2) is 0 Å². The Morgan fingerprint density at radius 3 is 2.50 bits per heavy atom. The molecule has 1 saturated heterocycles. The maximum atomic E-state index is 13.0. The highest BCUT2D eigenvalue weighted by atomic mass is 32.2. The molecule has 12 heteroatoms. The molecule has 4 atom stereocenters. The van der Waals surface area contributed by atoms with Crippen molar-refractivity contribution in [3.63, 3.8) is 0 Å². The van der Waals surface area contributed by atoms with Crippen LogP contribution >= 0.6 is 0 Å². The molecule has 0 radical (unpaired) electrons. The third-order valence-corrected chi connectivity index (χ3v) is 6.59. The third-order valence-electron chi connectivity index (χ3n) is 3.92. The molecule has 0 spiro atoms. The van der Waals surface area contributed by atoms with Gasteiger partial charge in [-0.15, -0.1) is 0 Å². The normalized spacial score (nSPS) is 34.4. The van der Waals surface area contributed by atoms with Gasteiger partial charge in [0.25, 0.3) is 10.1 Å². The fourth-order valence-corrected chi connectivity index (χ4v) is 5.08. The average Bonchev–Trinajstić information content (AvgIpc) is 2.86. The van der Waals surface area contributed by atoms with Crippen LogP contribution in [0.2, 0.25) is 0 Å². The van der Waals surface area contributed by atoms with E-state index in [9.17, 15) is 30.4 Å². The molecule has 1 saturated carbocycles. The molecule has 128 valence electrons. The fraction of sp³-hybridized carbons (Fsp3) is 0.900. The summed E-state index contributed by atoms with van der Waals surface area (Å²) in [5, 5.41) is -5.84. The van der Waals surface area contributed by atoms with Crippen molar-refractivity contribution in [3.8, 4) is 0 Å². The molecule has 0 bridgehead atoms. The Hall–Kier alpha value is -0.850. The van der Waals surface area contributed by atoms with Gasteiger partial charge >= 0.3 is 21.3 Å². The highest BCUT2D eigenvalue weighted by molar-refractivity contribution is 7.87. The van der Waals surface area contributed by atoms with Crippen molar-refractivity contribution in [2.45, 2.75) is 36.4 Å². The van der Waals surface area contributed by atoms with E-state index in [0.29, 0.717) is 0 Å². The smallest absolute Gasteiger partial charge is 0.460 e. The summed E-state index contributed by atoms with van der Waals surface area (Å²) in [6, 6.07) is 0. The lowest BCUT2D eigenvalue weighted by atomic mass is 10.0. The second kappa shape index (κ2) is 5.35. The van der Waals surface area contributed by atoms with Crippen LogP contribution in [0.25, 0.3) is 0 Å². The van der Waals surface area contributed by atoms with E-state index in [-0.39, 0.29) is 18.8 Å². The topological polar surface area (TPSA) is 124 Å². The van der Waals surface area contributed by atoms with Gasteiger partial charge in [0.1, 0.15) is 0 Å². The molecule has 0 aromatic rings. The zero-order chi connectivity index (χ0) is 16.9. The van der Waals surface area contributed by atoms with Gasteiger partial charge in [0, 0.05) is 5.92 Å². The first-order valence-electron chi connectivity index (χ1n) is 6.30. The van der Waals surface area contributed by atoms with Gasteiger partial charge in [-0.05, 0) is 25.7 Å². The summed E-state index contributed by atoms with van der Waals surface area (Å²) in [5.41, 5.74) is 0. The Bertz CT molecular complexity index is 671. The van der Waals surface area contributed by atoms with E-state index in [4.69, 9.17) is 8.74 Å². The molecule has 22 heavy (non-hydrogen) atoms. The Kier molecular flexibility index (Phi) is 4.26. The third kappa shape index (κ3) is 2.96. The number of hydrogen-bond acceptors (Lipinski definition) is 7. The summed E-state index contributed by atoms with van der Waals surface area (Å²) in [5.74, 6) is -3.22. The Morgan fingerprint density at radius 1 is 1.41 bits per heavy atom. The summed E-state index contributed by atoms with van der Waals surface area (Å²) >= 11 is 0. The monoisotopic (exact) mass is 364 g/mol. The van der Waals surface area contributed by atoms with Crippen LogP contribution in [0.5, 0.6) is 0 Å². The number of hydrogen-bond donors (Lipinski definition) is 1. The molecular weight excluding hydrogens is 350 g/mol. The molecule has 4 unspecified atom stereocenters. The molecule has 1 aliphatic carbocycles. The van der Waals surface area contributed by atoms with E-state index in [2.05, 4.69) is 4.74 Å². The molecular formula is C10H14F2O8S2. The lowest BCUT2D eigenvalue weighted by molar-refractivity contribution is -0.162. The molecule has 0 aromatic heterocycles. The Labute approximate surface area is 125 Å². The highest BCUT2D eigenvalue weighted by Crippen LogP contribution is 2.44. The van der Waals surface area contributed by atoms with Gasteiger partial charge in [-0.3, -0.25) is 8.74 Å². The summed E-state index contributed by atoms with van der Waals surface area (Å²) in [4.78, 5) is 11.1. The predicted molar refractivity (Wildman–Crippen MR) is 66.9 cm³/mol. The van der Waals surface area contributed by atoms with Gasteiger partial charge in [-0.25, -0.2) is 4.79 Å². The minimum Gasteiger partial charge on any atom is -0.460 e. The van der Waals surface area contributed by atoms with Crippen molar-refractivity contribution in [2.24, 2.45) is 11.8 Å². The van der Waals surface area contributed by atoms with Gasteiger partial charge in [-0.2, -0.15) is 25.6 Å². The predicted octanol–water partition coefficient (Wildman–Crippen LogP) is 0.153. The fourth-order valence-electron chi connectivity index (χ4n) is 2.84. The van der Waals surface area contributed by atoms with Crippen LogP contribution in [-0.2, 0) is 34.0 Å². The van der Waals surface area contributed by atoms with Crippen molar-refractivity contribution >= 4 is 26.2 Å². The zero-order valence-corrected chi connectivity index (χ0v) is 12.9. The van der Waals surface area contributed by atoms with Crippen LogP contribution in [0, 0.1) is 11.8 Å². The number of carbonyl (C=O) groups excluding carboxylic acids is 1. The van der Waals surface area contributed by atoms with Gasteiger partial charge in [0.2, 0.25) is 0 Å². The molecule has 2 rings (SSSR count). The first-order valence-corrected chi connectivity index (χ1v) is 9.21. The number of esters is 1. The van der Waals surface area contributed by atoms with Crippen LogP contribution < -0.4 is 0 Å². The van der Waals surface area contributed by atoms with Crippen LogP contribution in [-0.4, -0.2) is 50.6 Å². The number of alkyl halides is 2. The van der Waals surface area contributed by atoms with E-state index < -0.39 is 55.3 Å². The molecule has 2 aliphatic rings. The SMILES string of the molecule is CC1OS(=O)(=O)C2CC(COC(=O)C(F)(F)S(=O)(=O)O)CC12. The minimum absolute atomic E-state index is 0.0715. The lowest BCUT2D eigenvalue weighted by Gasteiger charge is -2.16. The van der Waals surface area contributed by atoms with E-state index in [1.807, 2.05) is 0 Å². The summed E-state index contributed by atoms with van der Waals surface area (Å²) in [6.45, 7) is 1.02. The van der Waals surface area contributed by atoms with Crippen LogP contribution in [0.1, 0.15) is 19.8 Å². The van der Waals surface area contributed by atoms with Crippen molar-refractivity contribution < 1.29 is 43.9 Å². The molecule has 2 fully saturated rings. The molecule has 0 amide bonds. The van der Waals surface area contributed by atoms with E-state index in [1.165, 1.54) is 0 Å². The van der Waals surface area contributed by atoms with Crippen molar-refractivity contribution in [3.05, 3.63) is 0 Å². The Morgan fingerprint density at radius 2 is 2.00 bits per heavy atom. The van der Waals surface area contributed by atoms with E-state index in [0.717, 1.165) is 0 Å². The highest BCUT2D eigenvalue weighted by Gasteiger charge is 2.55. The number of fused-ring (bicyclic) bond motifs is 1. The number of ether oxygens (including phenoxy) is 1. The van der Waals surface area contributed by atoms with Crippen LogP contribution in [0.3, 0.4) is 0 Å². The summed E-state index contributed by atoms with van der Waals surface area (Å²) < 4.78 is 87.4. The van der Waals surface area contributed by atoms with Crippen LogP contribution in [0.15, 0.2) is 0 Å².